The van der Waals surface area contributed by atoms with Gasteiger partial charge in [-0.3, -0.25) is 14.4 Å². The second kappa shape index (κ2) is 10.3. The van der Waals surface area contributed by atoms with E-state index < -0.39 is 28.7 Å². The van der Waals surface area contributed by atoms with E-state index in [2.05, 4.69) is 10.6 Å². The number of amides is 3. The molecule has 5 rings (SSSR count). The van der Waals surface area contributed by atoms with Crippen LogP contribution in [0.5, 0.6) is 0 Å². The van der Waals surface area contributed by atoms with Crippen LogP contribution in [0.1, 0.15) is 43.4 Å². The Kier molecular flexibility index (Phi) is 7.08. The Bertz CT molecular complexity index is 1110. The quantitative estimate of drug-likeness (QED) is 0.485. The predicted molar refractivity (Wildman–Crippen MR) is 139 cm³/mol. The summed E-state index contributed by atoms with van der Waals surface area (Å²) in [5.74, 6) is -1.58. The van der Waals surface area contributed by atoms with Crippen molar-refractivity contribution in [1.29, 1.82) is 0 Å². The molecule has 2 aromatic carbocycles. The topological polar surface area (TPSA) is 98.7 Å². The molecule has 6 atom stereocenters. The van der Waals surface area contributed by atoms with E-state index in [1.165, 1.54) is 0 Å². The number of nitrogens with zero attached hydrogens (tertiary/aromatic N) is 1. The van der Waals surface area contributed by atoms with Crippen molar-refractivity contribution in [3.05, 3.63) is 71.8 Å². The highest BCUT2D eigenvalue weighted by molar-refractivity contribution is 8.02. The van der Waals surface area contributed by atoms with Crippen LogP contribution in [0.4, 0.5) is 0 Å². The molecular weight excluding hydrogens is 474 g/mol. The molecule has 2 bridgehead atoms. The number of aliphatic hydroxyl groups is 1. The van der Waals surface area contributed by atoms with Crippen LogP contribution in [0.3, 0.4) is 0 Å². The number of carbonyl (C=O) groups excluding carboxylic acids is 3. The summed E-state index contributed by atoms with van der Waals surface area (Å²) in [6, 6.07) is 17.6. The minimum atomic E-state index is -0.768. The second-order valence-electron chi connectivity index (χ2n) is 9.90. The highest BCUT2D eigenvalue weighted by Crippen LogP contribution is 2.67. The maximum absolute atomic E-state index is 14.2. The maximum Gasteiger partial charge on any atom is 0.244 e. The molecule has 0 aliphatic carbocycles. The van der Waals surface area contributed by atoms with Crippen LogP contribution < -0.4 is 10.6 Å². The van der Waals surface area contributed by atoms with Crippen molar-refractivity contribution >= 4 is 29.5 Å². The fourth-order valence-corrected chi connectivity index (χ4v) is 8.51. The van der Waals surface area contributed by atoms with Crippen LogP contribution in [0, 0.1) is 11.8 Å². The highest BCUT2D eigenvalue weighted by Gasteiger charge is 2.74. The van der Waals surface area contributed by atoms with E-state index in [1.807, 2.05) is 67.6 Å². The number of rotatable bonds is 9. The lowest BCUT2D eigenvalue weighted by Crippen LogP contribution is -2.54. The number of likely N-dealkylation sites (tertiary alicyclic amines) is 1. The molecule has 0 radical (unpaired) electrons. The van der Waals surface area contributed by atoms with Gasteiger partial charge in [0.15, 0.2) is 0 Å². The number of hydrogen-bond acceptors (Lipinski definition) is 5. The van der Waals surface area contributed by atoms with Gasteiger partial charge in [0, 0.05) is 18.3 Å². The molecule has 3 amide bonds. The van der Waals surface area contributed by atoms with Crippen LogP contribution in [0.2, 0.25) is 0 Å². The van der Waals surface area contributed by atoms with Gasteiger partial charge in [-0.25, -0.2) is 0 Å². The van der Waals surface area contributed by atoms with Crippen LogP contribution >= 0.6 is 11.8 Å². The average molecular weight is 508 g/mol. The summed E-state index contributed by atoms with van der Waals surface area (Å²) in [6.45, 7) is 2.61. The molecule has 36 heavy (non-hydrogen) atoms. The standard InChI is InChI=1S/C28H33N3O4S/c1-2-15-29-25(33)22-21-13-14-28(36-21)23(22)27(35)31(20(17-32)19-11-7-4-8-12-19)24(28)26(34)30-16-18-9-5-3-6-10-18/h3-12,20-24,32H,2,13-17H2,1H3,(H,29,33)(H,30,34)/t20-,21+,22-,23+,24?,28?/m1/s1. The first-order chi connectivity index (χ1) is 17.5. The third kappa shape index (κ3) is 4.10. The Balaban J connectivity index is 1.52. The zero-order valence-electron chi connectivity index (χ0n) is 20.4. The minimum absolute atomic E-state index is 0.0201. The van der Waals surface area contributed by atoms with Gasteiger partial charge in [-0.1, -0.05) is 67.6 Å². The lowest BCUT2D eigenvalue weighted by atomic mass is 9.70. The van der Waals surface area contributed by atoms with Gasteiger partial charge in [-0.15, -0.1) is 11.8 Å². The molecule has 8 heteroatoms. The summed E-state index contributed by atoms with van der Waals surface area (Å²) < 4.78 is -0.682. The highest BCUT2D eigenvalue weighted by atomic mass is 32.2. The SMILES string of the molecule is CCCNC(=O)[C@@H]1[C@@H]2CCC3(S2)C(C(=O)NCc2ccccc2)N([C@H](CO)c2ccccc2)C(=O)[C@H]13. The lowest BCUT2D eigenvalue weighted by molar-refractivity contribution is -0.143. The summed E-state index contributed by atoms with van der Waals surface area (Å²) in [7, 11) is 0. The number of benzene rings is 2. The molecule has 3 aliphatic rings. The van der Waals surface area contributed by atoms with Gasteiger partial charge in [0.2, 0.25) is 17.7 Å². The molecule has 1 spiro atoms. The van der Waals surface area contributed by atoms with Gasteiger partial charge in [-0.05, 0) is 30.4 Å². The van der Waals surface area contributed by atoms with Crippen molar-refractivity contribution in [2.24, 2.45) is 11.8 Å². The maximum atomic E-state index is 14.2. The third-order valence-electron chi connectivity index (χ3n) is 7.84. The van der Waals surface area contributed by atoms with E-state index >= 15 is 0 Å². The van der Waals surface area contributed by atoms with Crippen molar-refractivity contribution < 1.29 is 19.5 Å². The molecular formula is C28H33N3O4S. The number of thioether (sulfide) groups is 1. The van der Waals surface area contributed by atoms with Crippen molar-refractivity contribution in [2.45, 2.75) is 54.8 Å². The number of nitrogens with one attached hydrogen (secondary N) is 2. The van der Waals surface area contributed by atoms with Gasteiger partial charge < -0.3 is 20.6 Å². The first-order valence-corrected chi connectivity index (χ1v) is 13.6. The van der Waals surface area contributed by atoms with Crippen molar-refractivity contribution in [2.75, 3.05) is 13.2 Å². The Morgan fingerprint density at radius 2 is 1.78 bits per heavy atom. The van der Waals surface area contributed by atoms with Gasteiger partial charge in [-0.2, -0.15) is 0 Å². The normalized spacial score (nSPS) is 29.2. The molecule has 0 saturated carbocycles. The van der Waals surface area contributed by atoms with E-state index in [0.29, 0.717) is 19.5 Å². The van der Waals surface area contributed by atoms with Crippen molar-refractivity contribution in [3.63, 3.8) is 0 Å². The zero-order chi connectivity index (χ0) is 25.3. The molecule has 3 saturated heterocycles. The summed E-state index contributed by atoms with van der Waals surface area (Å²) in [5.41, 5.74) is 1.75. The van der Waals surface area contributed by atoms with Gasteiger partial charge in [0.1, 0.15) is 6.04 Å². The van der Waals surface area contributed by atoms with Crippen LogP contribution in [-0.2, 0) is 20.9 Å². The molecule has 7 nitrogen and oxygen atoms in total. The summed E-state index contributed by atoms with van der Waals surface area (Å²) in [6.07, 6.45) is 2.31. The number of hydrogen-bond donors (Lipinski definition) is 3. The van der Waals surface area contributed by atoms with E-state index in [0.717, 1.165) is 24.0 Å². The summed E-state index contributed by atoms with van der Waals surface area (Å²) in [4.78, 5) is 42.9. The smallest absolute Gasteiger partial charge is 0.244 e. The molecule has 3 heterocycles. The lowest BCUT2D eigenvalue weighted by Gasteiger charge is -2.37. The number of fused-ring (bicyclic) bond motifs is 1. The summed E-state index contributed by atoms with van der Waals surface area (Å²) >= 11 is 1.64. The Morgan fingerprint density at radius 3 is 2.44 bits per heavy atom. The van der Waals surface area contributed by atoms with Gasteiger partial charge >= 0.3 is 0 Å². The Morgan fingerprint density at radius 1 is 1.08 bits per heavy atom. The summed E-state index contributed by atoms with van der Waals surface area (Å²) in [5, 5.41) is 16.6. The second-order valence-corrected chi connectivity index (χ2v) is 11.5. The molecule has 2 aromatic rings. The van der Waals surface area contributed by atoms with Crippen LogP contribution in [-0.4, -0.2) is 56.9 Å². The minimum Gasteiger partial charge on any atom is -0.394 e. The number of aliphatic hydroxyl groups excluding tert-OH is 1. The predicted octanol–water partition coefficient (Wildman–Crippen LogP) is 2.65. The zero-order valence-corrected chi connectivity index (χ0v) is 21.2. The molecule has 190 valence electrons. The molecule has 2 unspecified atom stereocenters. The van der Waals surface area contributed by atoms with E-state index in [1.54, 1.807) is 16.7 Å². The van der Waals surface area contributed by atoms with Gasteiger partial charge in [0.05, 0.1) is 29.2 Å². The largest absolute Gasteiger partial charge is 0.394 e. The monoisotopic (exact) mass is 507 g/mol. The van der Waals surface area contributed by atoms with E-state index in [-0.39, 0.29) is 29.6 Å². The molecule has 0 aromatic heterocycles. The van der Waals surface area contributed by atoms with E-state index in [9.17, 15) is 19.5 Å². The fraction of sp³-hybridized carbons (Fsp3) is 0.464. The van der Waals surface area contributed by atoms with Crippen molar-refractivity contribution in [1.82, 2.24) is 15.5 Å². The molecule has 3 aliphatic heterocycles. The average Bonchev–Trinajstić information content (AvgIpc) is 3.55. The molecule has 3 fully saturated rings. The van der Waals surface area contributed by atoms with Crippen LogP contribution in [0.25, 0.3) is 0 Å². The van der Waals surface area contributed by atoms with Crippen LogP contribution in [0.15, 0.2) is 60.7 Å². The van der Waals surface area contributed by atoms with Gasteiger partial charge in [0.25, 0.3) is 0 Å². The Hall–Kier alpha value is -2.84. The van der Waals surface area contributed by atoms with Crippen molar-refractivity contribution in [3.8, 4) is 0 Å². The molecule has 3 N–H and O–H groups in total. The third-order valence-corrected chi connectivity index (χ3v) is 9.79. The first-order valence-electron chi connectivity index (χ1n) is 12.8. The first kappa shape index (κ1) is 24.8. The van der Waals surface area contributed by atoms with E-state index in [4.69, 9.17) is 0 Å². The Labute approximate surface area is 216 Å². The number of carbonyl (C=O) groups is 3. The fourth-order valence-electron chi connectivity index (χ4n) is 6.30.